The number of hydrogen-bond donors (Lipinski definition) is 3. The molecule has 5 heteroatoms. The molecule has 1 unspecified atom stereocenters. The highest BCUT2D eigenvalue weighted by Gasteiger charge is 2.29. The lowest BCUT2D eigenvalue weighted by Crippen LogP contribution is -2.49. The SMILES string of the molecule is CCNC1(CC)C=C(CC(C)C)NC(Nc2ccc(F)cc2)=N1. The third-order valence-corrected chi connectivity index (χ3v) is 3.76. The van der Waals surface area contributed by atoms with Crippen molar-refractivity contribution in [2.75, 3.05) is 11.9 Å². The molecule has 126 valence electrons. The molecule has 0 spiro atoms. The first-order chi connectivity index (χ1) is 11.0. The molecule has 0 amide bonds. The van der Waals surface area contributed by atoms with Gasteiger partial charge in [-0.25, -0.2) is 9.38 Å². The normalized spacial score (nSPS) is 20.8. The van der Waals surface area contributed by atoms with E-state index in [-0.39, 0.29) is 5.82 Å². The first-order valence-corrected chi connectivity index (χ1v) is 8.32. The van der Waals surface area contributed by atoms with Crippen molar-refractivity contribution >= 4 is 11.6 Å². The minimum atomic E-state index is -0.396. The Balaban J connectivity index is 2.24. The number of allylic oxidation sites excluding steroid dienone is 1. The third kappa shape index (κ3) is 4.79. The number of nitrogens with one attached hydrogen (secondary N) is 3. The summed E-state index contributed by atoms with van der Waals surface area (Å²) in [5.41, 5.74) is 1.57. The van der Waals surface area contributed by atoms with Gasteiger partial charge in [-0.1, -0.05) is 27.7 Å². The first-order valence-electron chi connectivity index (χ1n) is 8.32. The fraction of sp³-hybridized carbons (Fsp3) is 0.500. The quantitative estimate of drug-likeness (QED) is 0.747. The lowest BCUT2D eigenvalue weighted by molar-refractivity contribution is 0.403. The highest BCUT2D eigenvalue weighted by Crippen LogP contribution is 2.23. The average molecular weight is 318 g/mol. The lowest BCUT2D eigenvalue weighted by Gasteiger charge is -2.33. The Hall–Kier alpha value is -1.88. The molecule has 0 saturated heterocycles. The summed E-state index contributed by atoms with van der Waals surface area (Å²) >= 11 is 0. The molecule has 0 aromatic heterocycles. The molecule has 0 bridgehead atoms. The Bertz CT molecular complexity index is 577. The van der Waals surface area contributed by atoms with Crippen LogP contribution in [0.4, 0.5) is 10.1 Å². The fourth-order valence-electron chi connectivity index (χ4n) is 2.72. The van der Waals surface area contributed by atoms with Crippen molar-refractivity contribution in [3.8, 4) is 0 Å². The van der Waals surface area contributed by atoms with Crippen LogP contribution in [0.2, 0.25) is 0 Å². The van der Waals surface area contributed by atoms with Crippen molar-refractivity contribution in [2.24, 2.45) is 10.9 Å². The van der Waals surface area contributed by atoms with Crippen molar-refractivity contribution in [1.29, 1.82) is 0 Å². The van der Waals surface area contributed by atoms with Crippen LogP contribution in [-0.2, 0) is 0 Å². The van der Waals surface area contributed by atoms with Crippen LogP contribution in [-0.4, -0.2) is 18.2 Å². The highest BCUT2D eigenvalue weighted by atomic mass is 19.1. The predicted octanol–water partition coefficient (Wildman–Crippen LogP) is 3.84. The number of benzene rings is 1. The van der Waals surface area contributed by atoms with Gasteiger partial charge in [-0.15, -0.1) is 0 Å². The van der Waals surface area contributed by atoms with E-state index in [1.54, 1.807) is 12.1 Å². The van der Waals surface area contributed by atoms with E-state index in [1.165, 1.54) is 12.1 Å². The standard InChI is InChI=1S/C18H27FN4/c1-5-18(20-6-2)12-16(11-13(3)4)22-17(23-18)21-15-9-7-14(19)8-10-15/h7-10,12-13,20H,5-6,11H2,1-4H3,(H2,21,22,23). The summed E-state index contributed by atoms with van der Waals surface area (Å²) in [7, 11) is 0. The molecule has 0 aliphatic carbocycles. The van der Waals surface area contributed by atoms with Gasteiger partial charge in [0.05, 0.1) is 0 Å². The third-order valence-electron chi connectivity index (χ3n) is 3.76. The summed E-state index contributed by atoms with van der Waals surface area (Å²) in [4.78, 5) is 4.81. The number of hydrogen-bond acceptors (Lipinski definition) is 4. The number of anilines is 1. The van der Waals surface area contributed by atoms with E-state index in [1.807, 2.05) is 0 Å². The van der Waals surface area contributed by atoms with E-state index in [9.17, 15) is 4.39 Å². The predicted molar refractivity (Wildman–Crippen MR) is 94.8 cm³/mol. The van der Waals surface area contributed by atoms with E-state index in [0.717, 1.165) is 30.8 Å². The minimum absolute atomic E-state index is 0.245. The number of rotatable bonds is 6. The molecule has 0 radical (unpaired) electrons. The Labute approximate surface area is 138 Å². The summed E-state index contributed by atoms with van der Waals surface area (Å²) in [6.45, 7) is 9.44. The monoisotopic (exact) mass is 318 g/mol. The zero-order chi connectivity index (χ0) is 16.9. The second kappa shape index (κ2) is 7.59. The van der Waals surface area contributed by atoms with Crippen LogP contribution in [0.3, 0.4) is 0 Å². The largest absolute Gasteiger partial charge is 0.330 e. The van der Waals surface area contributed by atoms with Gasteiger partial charge in [0.25, 0.3) is 0 Å². The molecule has 4 nitrogen and oxygen atoms in total. The minimum Gasteiger partial charge on any atom is -0.330 e. The van der Waals surface area contributed by atoms with E-state index in [0.29, 0.717) is 11.9 Å². The topological polar surface area (TPSA) is 48.4 Å². The zero-order valence-corrected chi connectivity index (χ0v) is 14.4. The van der Waals surface area contributed by atoms with Gasteiger partial charge >= 0.3 is 0 Å². The molecule has 1 atom stereocenters. The molecule has 1 aliphatic heterocycles. The Morgan fingerprint density at radius 2 is 1.91 bits per heavy atom. The van der Waals surface area contributed by atoms with Crippen LogP contribution < -0.4 is 16.0 Å². The van der Waals surface area contributed by atoms with Crippen molar-refractivity contribution < 1.29 is 4.39 Å². The number of nitrogens with zero attached hydrogens (tertiary/aromatic N) is 1. The average Bonchev–Trinajstić information content (AvgIpc) is 2.49. The van der Waals surface area contributed by atoms with E-state index < -0.39 is 5.66 Å². The Kier molecular flexibility index (Phi) is 5.77. The Morgan fingerprint density at radius 1 is 1.22 bits per heavy atom. The highest BCUT2D eigenvalue weighted by molar-refractivity contribution is 5.95. The van der Waals surface area contributed by atoms with Gasteiger partial charge in [0.2, 0.25) is 5.96 Å². The lowest BCUT2D eigenvalue weighted by atomic mass is 10.00. The van der Waals surface area contributed by atoms with Crippen LogP contribution in [0.5, 0.6) is 0 Å². The number of guanidine groups is 1. The summed E-state index contributed by atoms with van der Waals surface area (Å²) in [5, 5.41) is 10.1. The van der Waals surface area contributed by atoms with Crippen LogP contribution in [0.1, 0.15) is 40.5 Å². The van der Waals surface area contributed by atoms with E-state index in [2.05, 4.69) is 49.7 Å². The maximum Gasteiger partial charge on any atom is 0.202 e. The number of halogens is 1. The summed E-state index contributed by atoms with van der Waals surface area (Å²) in [6, 6.07) is 6.30. The smallest absolute Gasteiger partial charge is 0.202 e. The molecule has 1 heterocycles. The van der Waals surface area contributed by atoms with Crippen LogP contribution in [0.15, 0.2) is 41.0 Å². The van der Waals surface area contributed by atoms with E-state index in [4.69, 9.17) is 4.99 Å². The molecule has 1 aromatic carbocycles. The molecular formula is C18H27FN4. The van der Waals surface area contributed by atoms with Gasteiger partial charge in [-0.3, -0.25) is 5.32 Å². The molecule has 0 saturated carbocycles. The fourth-order valence-corrected chi connectivity index (χ4v) is 2.72. The van der Waals surface area contributed by atoms with Crippen LogP contribution in [0.25, 0.3) is 0 Å². The van der Waals surface area contributed by atoms with Gasteiger partial charge in [-0.05, 0) is 55.6 Å². The maximum absolute atomic E-state index is 13.1. The van der Waals surface area contributed by atoms with Gasteiger partial charge in [0.15, 0.2) is 0 Å². The van der Waals surface area contributed by atoms with Gasteiger partial charge in [0, 0.05) is 11.4 Å². The second-order valence-corrected chi connectivity index (χ2v) is 6.29. The van der Waals surface area contributed by atoms with Gasteiger partial charge in [0.1, 0.15) is 11.5 Å². The van der Waals surface area contributed by atoms with Crippen molar-refractivity contribution in [3.05, 3.63) is 41.9 Å². The van der Waals surface area contributed by atoms with Crippen molar-refractivity contribution in [1.82, 2.24) is 10.6 Å². The molecule has 1 aliphatic rings. The van der Waals surface area contributed by atoms with Gasteiger partial charge < -0.3 is 10.6 Å². The molecule has 23 heavy (non-hydrogen) atoms. The van der Waals surface area contributed by atoms with Crippen LogP contribution in [0, 0.1) is 11.7 Å². The number of aliphatic imine (C=N–C) groups is 1. The second-order valence-electron chi connectivity index (χ2n) is 6.29. The van der Waals surface area contributed by atoms with Crippen molar-refractivity contribution in [2.45, 2.75) is 46.2 Å². The molecule has 2 rings (SSSR count). The van der Waals surface area contributed by atoms with Crippen molar-refractivity contribution in [3.63, 3.8) is 0 Å². The molecule has 1 aromatic rings. The zero-order valence-electron chi connectivity index (χ0n) is 14.4. The molecule has 3 N–H and O–H groups in total. The molecular weight excluding hydrogens is 291 g/mol. The number of likely N-dealkylation sites (N-methyl/N-ethyl adjacent to an activating group) is 1. The Morgan fingerprint density at radius 3 is 2.48 bits per heavy atom. The summed E-state index contributed by atoms with van der Waals surface area (Å²) < 4.78 is 13.1. The van der Waals surface area contributed by atoms with Gasteiger partial charge in [-0.2, -0.15) is 0 Å². The van der Waals surface area contributed by atoms with E-state index >= 15 is 0 Å². The summed E-state index contributed by atoms with van der Waals surface area (Å²) in [5.74, 6) is 0.998. The molecule has 0 fully saturated rings. The summed E-state index contributed by atoms with van der Waals surface area (Å²) in [6.07, 6.45) is 4.00. The first kappa shape index (κ1) is 17.5. The van der Waals surface area contributed by atoms with Crippen LogP contribution >= 0.6 is 0 Å². The maximum atomic E-state index is 13.1.